The van der Waals surface area contributed by atoms with Gasteiger partial charge in [0.1, 0.15) is 12.4 Å². The third-order valence-electron chi connectivity index (χ3n) is 4.68. The van der Waals surface area contributed by atoms with Gasteiger partial charge >= 0.3 is 0 Å². The standard InChI is InChI=1S/C19H21N3O4/c1-23-14-6-2-3-7-15(14)24-12-13-8-9-16(25-13)17-21-18(22-26-17)19(20)10-4-5-11-19/h2-3,6-9H,4-5,10-12,20H2,1H3. The smallest absolute Gasteiger partial charge is 0.293 e. The van der Waals surface area contributed by atoms with E-state index in [-0.39, 0.29) is 6.61 Å². The second-order valence-electron chi connectivity index (χ2n) is 6.49. The molecule has 7 heteroatoms. The Labute approximate surface area is 151 Å². The highest BCUT2D eigenvalue weighted by atomic mass is 16.5. The monoisotopic (exact) mass is 355 g/mol. The highest BCUT2D eigenvalue weighted by molar-refractivity contribution is 5.44. The van der Waals surface area contributed by atoms with Crippen LogP contribution in [0.4, 0.5) is 0 Å². The summed E-state index contributed by atoms with van der Waals surface area (Å²) in [6, 6.07) is 11.1. The zero-order valence-corrected chi connectivity index (χ0v) is 14.6. The second-order valence-corrected chi connectivity index (χ2v) is 6.49. The van der Waals surface area contributed by atoms with E-state index in [1.165, 1.54) is 0 Å². The Hall–Kier alpha value is -2.80. The summed E-state index contributed by atoms with van der Waals surface area (Å²) in [5, 5.41) is 4.05. The number of nitrogens with two attached hydrogens (primary N) is 1. The summed E-state index contributed by atoms with van der Waals surface area (Å²) < 4.78 is 22.1. The van der Waals surface area contributed by atoms with Crippen molar-refractivity contribution >= 4 is 0 Å². The molecular weight excluding hydrogens is 334 g/mol. The minimum absolute atomic E-state index is 0.266. The average molecular weight is 355 g/mol. The molecule has 4 rings (SSSR count). The van der Waals surface area contributed by atoms with Crippen molar-refractivity contribution in [3.05, 3.63) is 48.0 Å². The van der Waals surface area contributed by atoms with Crippen molar-refractivity contribution in [2.45, 2.75) is 37.8 Å². The topological polar surface area (TPSA) is 96.5 Å². The van der Waals surface area contributed by atoms with Gasteiger partial charge in [-0.1, -0.05) is 30.1 Å². The lowest BCUT2D eigenvalue weighted by Crippen LogP contribution is -2.34. The molecule has 0 amide bonds. The number of aromatic nitrogens is 2. The van der Waals surface area contributed by atoms with Gasteiger partial charge in [-0.2, -0.15) is 4.98 Å². The molecule has 1 aliphatic rings. The highest BCUT2D eigenvalue weighted by Gasteiger charge is 2.36. The fourth-order valence-corrected chi connectivity index (χ4v) is 3.21. The number of ether oxygens (including phenoxy) is 2. The largest absolute Gasteiger partial charge is 0.493 e. The van der Waals surface area contributed by atoms with Crippen molar-refractivity contribution in [1.82, 2.24) is 10.1 Å². The summed E-state index contributed by atoms with van der Waals surface area (Å²) in [6.07, 6.45) is 3.93. The normalized spacial score (nSPS) is 15.9. The number of hydrogen-bond donors (Lipinski definition) is 1. The maximum atomic E-state index is 6.37. The molecule has 3 aromatic rings. The molecule has 0 bridgehead atoms. The zero-order chi connectivity index (χ0) is 18.0. The minimum Gasteiger partial charge on any atom is -0.493 e. The van der Waals surface area contributed by atoms with Crippen molar-refractivity contribution < 1.29 is 18.4 Å². The lowest BCUT2D eigenvalue weighted by Gasteiger charge is -2.17. The van der Waals surface area contributed by atoms with E-state index in [0.717, 1.165) is 25.7 Å². The summed E-state index contributed by atoms with van der Waals surface area (Å²) in [5.41, 5.74) is 5.89. The van der Waals surface area contributed by atoms with Crippen LogP contribution in [0.5, 0.6) is 11.5 Å². The van der Waals surface area contributed by atoms with Crippen molar-refractivity contribution in [3.8, 4) is 23.1 Å². The van der Waals surface area contributed by atoms with Gasteiger partial charge in [-0.05, 0) is 37.1 Å². The number of rotatable bonds is 6. The van der Waals surface area contributed by atoms with Crippen LogP contribution in [0.3, 0.4) is 0 Å². The molecule has 0 radical (unpaired) electrons. The van der Waals surface area contributed by atoms with Crippen LogP contribution < -0.4 is 15.2 Å². The summed E-state index contributed by atoms with van der Waals surface area (Å²) in [5.74, 6) is 3.36. The Kier molecular flexibility index (Phi) is 4.38. The molecule has 0 aliphatic heterocycles. The van der Waals surface area contributed by atoms with Gasteiger partial charge in [0.05, 0.1) is 12.6 Å². The van der Waals surface area contributed by atoms with E-state index >= 15 is 0 Å². The Morgan fingerprint density at radius 1 is 1.12 bits per heavy atom. The molecule has 1 fully saturated rings. The Balaban J connectivity index is 1.46. The number of methoxy groups -OCH3 is 1. The molecular formula is C19H21N3O4. The van der Waals surface area contributed by atoms with Gasteiger partial charge < -0.3 is 24.1 Å². The number of nitrogens with zero attached hydrogens (tertiary/aromatic N) is 2. The molecule has 2 aromatic heterocycles. The van der Waals surface area contributed by atoms with Crippen LogP contribution in [0.15, 0.2) is 45.3 Å². The summed E-state index contributed by atoms with van der Waals surface area (Å²) in [4.78, 5) is 4.44. The van der Waals surface area contributed by atoms with Gasteiger partial charge in [0, 0.05) is 0 Å². The fraction of sp³-hybridized carbons (Fsp3) is 0.368. The molecule has 0 saturated heterocycles. The predicted molar refractivity (Wildman–Crippen MR) is 93.7 cm³/mol. The van der Waals surface area contributed by atoms with Gasteiger partial charge in [0.25, 0.3) is 5.89 Å². The van der Waals surface area contributed by atoms with Crippen LogP contribution in [-0.2, 0) is 12.1 Å². The highest BCUT2D eigenvalue weighted by Crippen LogP contribution is 2.35. The average Bonchev–Trinajstić information content (AvgIpc) is 3.40. The quantitative estimate of drug-likeness (QED) is 0.721. The molecule has 1 saturated carbocycles. The lowest BCUT2D eigenvalue weighted by molar-refractivity contribution is 0.256. The number of para-hydroxylation sites is 2. The summed E-state index contributed by atoms with van der Waals surface area (Å²) in [7, 11) is 1.61. The number of furan rings is 1. The van der Waals surface area contributed by atoms with Crippen molar-refractivity contribution in [2.24, 2.45) is 5.73 Å². The maximum absolute atomic E-state index is 6.37. The van der Waals surface area contributed by atoms with Crippen LogP contribution in [0.1, 0.15) is 37.3 Å². The zero-order valence-electron chi connectivity index (χ0n) is 14.6. The summed E-state index contributed by atoms with van der Waals surface area (Å²) >= 11 is 0. The third kappa shape index (κ3) is 3.17. The lowest BCUT2D eigenvalue weighted by atomic mass is 9.99. The molecule has 1 aliphatic carbocycles. The Bertz CT molecular complexity index is 880. The van der Waals surface area contributed by atoms with E-state index < -0.39 is 5.54 Å². The van der Waals surface area contributed by atoms with E-state index in [1.807, 2.05) is 30.3 Å². The molecule has 7 nitrogen and oxygen atoms in total. The molecule has 0 atom stereocenters. The first-order chi connectivity index (χ1) is 12.7. The SMILES string of the molecule is COc1ccccc1OCc1ccc(-c2nc(C3(N)CCCC3)no2)o1. The van der Waals surface area contributed by atoms with Gasteiger partial charge in [-0.15, -0.1) is 0 Å². The van der Waals surface area contributed by atoms with Crippen LogP contribution >= 0.6 is 0 Å². The minimum atomic E-state index is -0.482. The van der Waals surface area contributed by atoms with Crippen LogP contribution in [0.25, 0.3) is 11.7 Å². The Morgan fingerprint density at radius 2 is 1.88 bits per heavy atom. The number of hydrogen-bond acceptors (Lipinski definition) is 7. The first-order valence-electron chi connectivity index (χ1n) is 8.66. The molecule has 0 spiro atoms. The third-order valence-corrected chi connectivity index (χ3v) is 4.68. The fourth-order valence-electron chi connectivity index (χ4n) is 3.21. The van der Waals surface area contributed by atoms with Gasteiger partial charge in [-0.3, -0.25) is 0 Å². The van der Waals surface area contributed by atoms with Crippen molar-refractivity contribution in [3.63, 3.8) is 0 Å². The van der Waals surface area contributed by atoms with E-state index in [0.29, 0.717) is 34.7 Å². The van der Waals surface area contributed by atoms with Gasteiger partial charge in [0.2, 0.25) is 0 Å². The van der Waals surface area contributed by atoms with E-state index in [1.54, 1.807) is 13.2 Å². The maximum Gasteiger partial charge on any atom is 0.293 e. The van der Waals surface area contributed by atoms with E-state index in [9.17, 15) is 0 Å². The van der Waals surface area contributed by atoms with Gasteiger partial charge in [0.15, 0.2) is 23.1 Å². The Morgan fingerprint density at radius 3 is 2.65 bits per heavy atom. The molecule has 2 heterocycles. The molecule has 26 heavy (non-hydrogen) atoms. The second kappa shape index (κ2) is 6.84. The first kappa shape index (κ1) is 16.7. The predicted octanol–water partition coefficient (Wildman–Crippen LogP) is 3.65. The van der Waals surface area contributed by atoms with Crippen molar-refractivity contribution in [1.29, 1.82) is 0 Å². The first-order valence-corrected chi connectivity index (χ1v) is 8.66. The van der Waals surface area contributed by atoms with E-state index in [2.05, 4.69) is 10.1 Å². The molecule has 0 unspecified atom stereocenters. The van der Waals surface area contributed by atoms with Crippen LogP contribution in [-0.4, -0.2) is 17.3 Å². The summed E-state index contributed by atoms with van der Waals surface area (Å²) in [6.45, 7) is 0.266. The molecule has 136 valence electrons. The van der Waals surface area contributed by atoms with E-state index in [4.69, 9.17) is 24.1 Å². The van der Waals surface area contributed by atoms with Crippen molar-refractivity contribution in [2.75, 3.05) is 7.11 Å². The van der Waals surface area contributed by atoms with Crippen LogP contribution in [0, 0.1) is 0 Å². The van der Waals surface area contributed by atoms with Gasteiger partial charge in [-0.25, -0.2) is 0 Å². The van der Waals surface area contributed by atoms with Crippen LogP contribution in [0.2, 0.25) is 0 Å². The number of benzene rings is 1. The molecule has 1 aromatic carbocycles. The molecule has 2 N–H and O–H groups in total.